The molecule has 0 bridgehead atoms. The third kappa shape index (κ3) is 41.3. The maximum atomic E-state index is 12.7. The van der Waals surface area contributed by atoms with Gasteiger partial charge in [0, 0.05) is 19.3 Å². The summed E-state index contributed by atoms with van der Waals surface area (Å²) >= 11 is 0. The Hall–Kier alpha value is -1.85. The molecule has 0 rings (SSSR count). The van der Waals surface area contributed by atoms with Crippen LogP contribution in [0.15, 0.2) is 12.2 Å². The largest absolute Gasteiger partial charge is 0.462 e. The van der Waals surface area contributed by atoms with Crippen molar-refractivity contribution in [2.75, 3.05) is 13.2 Å². The lowest BCUT2D eigenvalue weighted by atomic mass is 10.0. The van der Waals surface area contributed by atoms with Gasteiger partial charge in [-0.2, -0.15) is 0 Å². The maximum Gasteiger partial charge on any atom is 0.306 e. The number of rotatable bonds is 43. The zero-order valence-corrected chi connectivity index (χ0v) is 36.3. The van der Waals surface area contributed by atoms with Crippen LogP contribution in [0.1, 0.15) is 258 Å². The molecule has 0 fully saturated rings. The number of ether oxygens (including phenoxy) is 3. The van der Waals surface area contributed by atoms with Crippen molar-refractivity contribution < 1.29 is 28.6 Å². The van der Waals surface area contributed by atoms with E-state index in [2.05, 4.69) is 32.9 Å². The van der Waals surface area contributed by atoms with Crippen molar-refractivity contribution >= 4 is 17.9 Å². The second kappa shape index (κ2) is 43.9. The highest BCUT2D eigenvalue weighted by atomic mass is 16.6. The molecule has 0 N–H and O–H groups in total. The molecule has 6 heteroatoms. The Balaban J connectivity index is 4.24. The van der Waals surface area contributed by atoms with Crippen LogP contribution >= 0.6 is 0 Å². The number of hydrogen-bond acceptors (Lipinski definition) is 6. The van der Waals surface area contributed by atoms with E-state index in [9.17, 15) is 14.4 Å². The van der Waals surface area contributed by atoms with E-state index in [-0.39, 0.29) is 31.1 Å². The molecular formula is C48H90O6. The van der Waals surface area contributed by atoms with Gasteiger partial charge in [-0.1, -0.05) is 213 Å². The maximum absolute atomic E-state index is 12.7. The Kier molecular flexibility index (Phi) is 42.4. The number of carbonyl (C=O) groups is 3. The van der Waals surface area contributed by atoms with Gasteiger partial charge in [0.05, 0.1) is 0 Å². The van der Waals surface area contributed by atoms with Crippen LogP contribution in [0.3, 0.4) is 0 Å². The van der Waals surface area contributed by atoms with Crippen LogP contribution in [-0.2, 0) is 28.6 Å². The van der Waals surface area contributed by atoms with Crippen LogP contribution in [0, 0.1) is 0 Å². The lowest BCUT2D eigenvalue weighted by Gasteiger charge is -2.18. The van der Waals surface area contributed by atoms with E-state index in [0.29, 0.717) is 19.3 Å². The molecule has 0 saturated carbocycles. The summed E-state index contributed by atoms with van der Waals surface area (Å²) in [4.78, 5) is 37.7. The molecule has 0 radical (unpaired) electrons. The lowest BCUT2D eigenvalue weighted by Crippen LogP contribution is -2.30. The van der Waals surface area contributed by atoms with Gasteiger partial charge in [-0.3, -0.25) is 14.4 Å². The third-order valence-corrected chi connectivity index (χ3v) is 10.5. The molecule has 1 unspecified atom stereocenters. The van der Waals surface area contributed by atoms with Crippen molar-refractivity contribution in [3.63, 3.8) is 0 Å². The average Bonchev–Trinajstić information content (AvgIpc) is 3.17. The van der Waals surface area contributed by atoms with Gasteiger partial charge in [0.2, 0.25) is 0 Å². The minimum Gasteiger partial charge on any atom is -0.462 e. The fraction of sp³-hybridized carbons (Fsp3) is 0.896. The standard InChI is InChI=1S/C48H90O6/c1-4-7-10-13-16-19-21-22-23-24-25-26-27-30-32-35-38-41-47(50)53-44-45(43-52-46(49)40-37-34-31-28-18-15-12-9-6-3)54-48(51)42-39-36-33-29-20-17-14-11-8-5-2/h14,17,45H,4-13,15-16,18-44H2,1-3H3/b17-14-. The van der Waals surface area contributed by atoms with Gasteiger partial charge in [0.25, 0.3) is 0 Å². The van der Waals surface area contributed by atoms with Crippen molar-refractivity contribution in [3.8, 4) is 0 Å². The molecule has 0 aliphatic carbocycles. The summed E-state index contributed by atoms with van der Waals surface area (Å²) in [7, 11) is 0. The van der Waals surface area contributed by atoms with Crippen LogP contribution in [0.2, 0.25) is 0 Å². The first-order valence-corrected chi connectivity index (χ1v) is 23.7. The first-order valence-electron chi connectivity index (χ1n) is 23.7. The summed E-state index contributed by atoms with van der Waals surface area (Å²) in [6.45, 7) is 6.58. The van der Waals surface area contributed by atoms with E-state index < -0.39 is 6.10 Å². The van der Waals surface area contributed by atoms with Gasteiger partial charge in [-0.15, -0.1) is 0 Å². The molecular weight excluding hydrogens is 673 g/mol. The SMILES string of the molecule is CCCC/C=C\CCCCCCC(=O)OC(COC(=O)CCCCCCCCCCC)COC(=O)CCCCCCCCCCCCCCCCCCC. The smallest absolute Gasteiger partial charge is 0.306 e. The van der Waals surface area contributed by atoms with Crippen LogP contribution in [-0.4, -0.2) is 37.2 Å². The molecule has 0 aliphatic heterocycles. The van der Waals surface area contributed by atoms with E-state index in [4.69, 9.17) is 14.2 Å². The number of carbonyl (C=O) groups excluding carboxylic acids is 3. The Morgan fingerprint density at radius 1 is 0.352 bits per heavy atom. The third-order valence-electron chi connectivity index (χ3n) is 10.5. The van der Waals surface area contributed by atoms with Crippen molar-refractivity contribution in [2.45, 2.75) is 264 Å². The first-order chi connectivity index (χ1) is 26.5. The van der Waals surface area contributed by atoms with Gasteiger partial charge in [-0.05, 0) is 38.5 Å². The van der Waals surface area contributed by atoms with Gasteiger partial charge in [-0.25, -0.2) is 0 Å². The molecule has 0 amide bonds. The molecule has 0 saturated heterocycles. The highest BCUT2D eigenvalue weighted by Crippen LogP contribution is 2.16. The second-order valence-electron chi connectivity index (χ2n) is 16.0. The van der Waals surface area contributed by atoms with Crippen molar-refractivity contribution in [2.24, 2.45) is 0 Å². The minimum atomic E-state index is -0.766. The quantitative estimate of drug-likeness (QED) is 0.0266. The van der Waals surface area contributed by atoms with Crippen LogP contribution < -0.4 is 0 Å². The zero-order chi connectivity index (χ0) is 39.4. The molecule has 0 heterocycles. The van der Waals surface area contributed by atoms with Gasteiger partial charge in [0.1, 0.15) is 13.2 Å². The highest BCUT2D eigenvalue weighted by Gasteiger charge is 2.19. The normalized spacial score (nSPS) is 12.0. The Labute approximate surface area is 335 Å². The fourth-order valence-electron chi connectivity index (χ4n) is 6.89. The van der Waals surface area contributed by atoms with Crippen molar-refractivity contribution in [3.05, 3.63) is 12.2 Å². The predicted molar refractivity (Wildman–Crippen MR) is 229 cm³/mol. The Bertz CT molecular complexity index is 839. The summed E-state index contributed by atoms with van der Waals surface area (Å²) in [5.41, 5.74) is 0. The van der Waals surface area contributed by atoms with E-state index >= 15 is 0 Å². The number of allylic oxidation sites excluding steroid dienone is 2. The molecule has 1 atom stereocenters. The van der Waals surface area contributed by atoms with Gasteiger partial charge >= 0.3 is 17.9 Å². The number of hydrogen-bond donors (Lipinski definition) is 0. The summed E-state index contributed by atoms with van der Waals surface area (Å²) in [6, 6.07) is 0. The van der Waals surface area contributed by atoms with Crippen molar-refractivity contribution in [1.82, 2.24) is 0 Å². The van der Waals surface area contributed by atoms with E-state index in [1.807, 2.05) is 0 Å². The molecule has 0 aliphatic rings. The predicted octanol–water partition coefficient (Wildman–Crippen LogP) is 15.0. The average molecular weight is 763 g/mol. The zero-order valence-electron chi connectivity index (χ0n) is 36.3. The lowest BCUT2D eigenvalue weighted by molar-refractivity contribution is -0.167. The summed E-state index contributed by atoms with van der Waals surface area (Å²) in [5.74, 6) is -0.877. The van der Waals surface area contributed by atoms with Crippen molar-refractivity contribution in [1.29, 1.82) is 0 Å². The van der Waals surface area contributed by atoms with Crippen LogP contribution in [0.25, 0.3) is 0 Å². The van der Waals surface area contributed by atoms with Crippen LogP contribution in [0.4, 0.5) is 0 Å². The molecule has 6 nitrogen and oxygen atoms in total. The summed E-state index contributed by atoms with van der Waals surface area (Å²) in [5, 5.41) is 0. The molecule has 0 aromatic heterocycles. The van der Waals surface area contributed by atoms with Crippen LogP contribution in [0.5, 0.6) is 0 Å². The van der Waals surface area contributed by atoms with E-state index in [1.165, 1.54) is 141 Å². The number of esters is 3. The minimum absolute atomic E-state index is 0.0702. The molecule has 318 valence electrons. The Morgan fingerprint density at radius 2 is 0.630 bits per heavy atom. The summed E-state index contributed by atoms with van der Waals surface area (Å²) in [6.07, 6.45) is 46.3. The molecule has 54 heavy (non-hydrogen) atoms. The second-order valence-corrected chi connectivity index (χ2v) is 16.0. The number of unbranched alkanes of at least 4 members (excludes halogenated alkanes) is 30. The highest BCUT2D eigenvalue weighted by molar-refractivity contribution is 5.71. The molecule has 0 aromatic rings. The topological polar surface area (TPSA) is 78.9 Å². The molecule has 0 spiro atoms. The van der Waals surface area contributed by atoms with Gasteiger partial charge in [0.15, 0.2) is 6.10 Å². The Morgan fingerprint density at radius 3 is 0.981 bits per heavy atom. The van der Waals surface area contributed by atoms with Gasteiger partial charge < -0.3 is 14.2 Å². The van der Waals surface area contributed by atoms with E-state index in [0.717, 1.165) is 77.0 Å². The fourth-order valence-corrected chi connectivity index (χ4v) is 6.89. The monoisotopic (exact) mass is 763 g/mol. The first kappa shape index (κ1) is 52.2. The summed E-state index contributed by atoms with van der Waals surface area (Å²) < 4.78 is 16.7. The van der Waals surface area contributed by atoms with E-state index in [1.54, 1.807) is 0 Å². The molecule has 0 aromatic carbocycles.